The van der Waals surface area contributed by atoms with Crippen LogP contribution in [0.25, 0.3) is 0 Å². The van der Waals surface area contributed by atoms with Crippen molar-refractivity contribution in [1.29, 1.82) is 0 Å². The number of hydrogen-bond acceptors (Lipinski definition) is 6. The van der Waals surface area contributed by atoms with Crippen LogP contribution in [0.5, 0.6) is 0 Å². The number of hydrogen-bond donors (Lipinski definition) is 0. The standard InChI is InChI=1S/C14H13NO4S/c1-10(2)13(16)18-7-8-19-14(17)11-3-5-12(6-4-11)15-9-20/h3-6H,1,7-8H2,2H3. The van der Waals surface area contributed by atoms with Crippen molar-refractivity contribution in [2.24, 2.45) is 4.99 Å². The Bertz CT molecular complexity index is 559. The average molecular weight is 291 g/mol. The Labute approximate surface area is 121 Å². The van der Waals surface area contributed by atoms with Gasteiger partial charge in [-0.2, -0.15) is 4.99 Å². The number of carbonyl (C=O) groups is 2. The van der Waals surface area contributed by atoms with E-state index >= 15 is 0 Å². The highest BCUT2D eigenvalue weighted by molar-refractivity contribution is 7.78. The maximum atomic E-state index is 11.6. The summed E-state index contributed by atoms with van der Waals surface area (Å²) >= 11 is 4.47. The van der Waals surface area contributed by atoms with Gasteiger partial charge in [-0.05, 0) is 43.4 Å². The monoisotopic (exact) mass is 291 g/mol. The van der Waals surface area contributed by atoms with E-state index in [4.69, 9.17) is 9.47 Å². The molecule has 0 radical (unpaired) electrons. The molecule has 1 aromatic carbocycles. The molecule has 6 heteroatoms. The molecular formula is C14H13NO4S. The highest BCUT2D eigenvalue weighted by atomic mass is 32.1. The Hall–Kier alpha value is -2.30. The zero-order valence-electron chi connectivity index (χ0n) is 10.9. The molecule has 1 aromatic rings. The number of nitrogens with zero attached hydrogens (tertiary/aromatic N) is 1. The third-order valence-electron chi connectivity index (χ3n) is 2.18. The van der Waals surface area contributed by atoms with Crippen molar-refractivity contribution in [2.75, 3.05) is 13.2 Å². The number of carbonyl (C=O) groups excluding carboxylic acids is 2. The van der Waals surface area contributed by atoms with Gasteiger partial charge in [0.25, 0.3) is 0 Å². The third-order valence-corrected chi connectivity index (χ3v) is 2.27. The first kappa shape index (κ1) is 15.8. The van der Waals surface area contributed by atoms with Crippen LogP contribution in [-0.2, 0) is 14.3 Å². The first-order valence-corrected chi connectivity index (χ1v) is 6.13. The summed E-state index contributed by atoms with van der Waals surface area (Å²) in [7, 11) is 0. The van der Waals surface area contributed by atoms with Crippen LogP contribution in [0.15, 0.2) is 41.4 Å². The molecule has 0 amide bonds. The molecule has 0 saturated heterocycles. The lowest BCUT2D eigenvalue weighted by molar-refractivity contribution is -0.140. The van der Waals surface area contributed by atoms with Crippen LogP contribution >= 0.6 is 12.2 Å². The number of esters is 2. The van der Waals surface area contributed by atoms with Crippen LogP contribution < -0.4 is 0 Å². The van der Waals surface area contributed by atoms with Crippen LogP contribution in [0.4, 0.5) is 5.69 Å². The number of benzene rings is 1. The molecule has 0 N–H and O–H groups in total. The Morgan fingerprint density at radius 2 is 1.85 bits per heavy atom. The van der Waals surface area contributed by atoms with Crippen molar-refractivity contribution in [3.8, 4) is 0 Å². The smallest absolute Gasteiger partial charge is 0.338 e. The lowest BCUT2D eigenvalue weighted by Crippen LogP contribution is -2.14. The molecule has 0 fully saturated rings. The second kappa shape index (κ2) is 7.99. The van der Waals surface area contributed by atoms with E-state index in [2.05, 4.69) is 29.0 Å². The van der Waals surface area contributed by atoms with Crippen LogP contribution in [0, 0.1) is 0 Å². The molecular weight excluding hydrogens is 278 g/mol. The minimum absolute atomic E-state index is 0.00921. The predicted molar refractivity (Wildman–Crippen MR) is 77.2 cm³/mol. The SMILES string of the molecule is C=C(C)C(=O)OCCOC(=O)c1ccc(N=C=S)cc1. The normalized spacial score (nSPS) is 9.25. The number of isothiocyanates is 1. The average Bonchev–Trinajstić information content (AvgIpc) is 2.44. The van der Waals surface area contributed by atoms with Gasteiger partial charge in [0.15, 0.2) is 0 Å². The second-order valence-corrected chi connectivity index (χ2v) is 3.98. The zero-order valence-corrected chi connectivity index (χ0v) is 11.7. The molecule has 0 saturated carbocycles. The highest BCUT2D eigenvalue weighted by Crippen LogP contribution is 2.12. The van der Waals surface area contributed by atoms with Crippen LogP contribution in [0.1, 0.15) is 17.3 Å². The lowest BCUT2D eigenvalue weighted by atomic mass is 10.2. The first-order chi connectivity index (χ1) is 9.54. The van der Waals surface area contributed by atoms with E-state index in [-0.39, 0.29) is 13.2 Å². The summed E-state index contributed by atoms with van der Waals surface area (Å²) < 4.78 is 9.74. The van der Waals surface area contributed by atoms with Crippen molar-refractivity contribution >= 4 is 35.0 Å². The number of ether oxygens (including phenoxy) is 2. The maximum absolute atomic E-state index is 11.6. The summed E-state index contributed by atoms with van der Waals surface area (Å²) in [6, 6.07) is 6.37. The van der Waals surface area contributed by atoms with E-state index in [9.17, 15) is 9.59 Å². The van der Waals surface area contributed by atoms with E-state index in [1.165, 1.54) is 0 Å². The van der Waals surface area contributed by atoms with Crippen molar-refractivity contribution in [2.45, 2.75) is 6.92 Å². The second-order valence-electron chi connectivity index (χ2n) is 3.80. The van der Waals surface area contributed by atoms with E-state index < -0.39 is 11.9 Å². The molecule has 0 aliphatic rings. The van der Waals surface area contributed by atoms with Crippen molar-refractivity contribution < 1.29 is 19.1 Å². The fourth-order valence-electron chi connectivity index (χ4n) is 1.20. The number of aliphatic imine (C=N–C) groups is 1. The summed E-state index contributed by atoms with van der Waals surface area (Å²) in [6.07, 6.45) is 0. The largest absolute Gasteiger partial charge is 0.459 e. The Morgan fingerprint density at radius 3 is 2.40 bits per heavy atom. The van der Waals surface area contributed by atoms with E-state index in [0.717, 1.165) is 0 Å². The molecule has 20 heavy (non-hydrogen) atoms. The Balaban J connectivity index is 2.41. The van der Waals surface area contributed by atoms with Crippen molar-refractivity contribution in [1.82, 2.24) is 0 Å². The minimum Gasteiger partial charge on any atom is -0.459 e. The van der Waals surface area contributed by atoms with Gasteiger partial charge in [-0.3, -0.25) is 0 Å². The van der Waals surface area contributed by atoms with Crippen LogP contribution in [-0.4, -0.2) is 30.3 Å². The molecule has 0 aliphatic carbocycles. The maximum Gasteiger partial charge on any atom is 0.338 e. The van der Waals surface area contributed by atoms with Gasteiger partial charge in [-0.1, -0.05) is 6.58 Å². The van der Waals surface area contributed by atoms with Gasteiger partial charge < -0.3 is 9.47 Å². The molecule has 0 unspecified atom stereocenters. The van der Waals surface area contributed by atoms with Gasteiger partial charge in [-0.25, -0.2) is 9.59 Å². The Kier molecular flexibility index (Phi) is 6.29. The first-order valence-electron chi connectivity index (χ1n) is 5.72. The van der Waals surface area contributed by atoms with Gasteiger partial charge >= 0.3 is 11.9 Å². The molecule has 1 rings (SSSR count). The fraction of sp³-hybridized carbons (Fsp3) is 0.214. The van der Waals surface area contributed by atoms with E-state index in [1.54, 1.807) is 31.2 Å². The summed E-state index contributed by atoms with van der Waals surface area (Å²) in [5, 5.41) is 2.23. The molecule has 0 aliphatic heterocycles. The zero-order chi connectivity index (χ0) is 15.0. The molecule has 0 spiro atoms. The van der Waals surface area contributed by atoms with Gasteiger partial charge in [0.05, 0.1) is 16.4 Å². The predicted octanol–water partition coefficient (Wildman–Crippen LogP) is 2.70. The molecule has 0 bridgehead atoms. The number of thiocarbonyl (C=S) groups is 1. The van der Waals surface area contributed by atoms with Gasteiger partial charge in [0, 0.05) is 5.57 Å². The van der Waals surface area contributed by atoms with Crippen molar-refractivity contribution in [3.05, 3.63) is 42.0 Å². The Morgan fingerprint density at radius 1 is 1.25 bits per heavy atom. The molecule has 0 atom stereocenters. The van der Waals surface area contributed by atoms with Crippen molar-refractivity contribution in [3.63, 3.8) is 0 Å². The van der Waals surface area contributed by atoms with E-state index in [0.29, 0.717) is 16.8 Å². The highest BCUT2D eigenvalue weighted by Gasteiger charge is 2.08. The summed E-state index contributed by atoms with van der Waals surface area (Å²) in [5.41, 5.74) is 1.28. The molecule has 0 heterocycles. The fourth-order valence-corrected chi connectivity index (χ4v) is 1.31. The summed E-state index contributed by atoms with van der Waals surface area (Å²) in [5.74, 6) is -1.02. The minimum atomic E-state index is -0.511. The van der Waals surface area contributed by atoms with Crippen LogP contribution in [0.3, 0.4) is 0 Å². The quantitative estimate of drug-likeness (QED) is 0.265. The lowest BCUT2D eigenvalue weighted by Gasteiger charge is -2.06. The van der Waals surface area contributed by atoms with E-state index in [1.807, 2.05) is 0 Å². The molecule has 0 aromatic heterocycles. The summed E-state index contributed by atoms with van der Waals surface area (Å²) in [6.45, 7) is 4.95. The molecule has 5 nitrogen and oxygen atoms in total. The third kappa shape index (κ3) is 5.14. The summed E-state index contributed by atoms with van der Waals surface area (Å²) in [4.78, 5) is 26.5. The van der Waals surface area contributed by atoms with Crippen LogP contribution in [0.2, 0.25) is 0 Å². The van der Waals surface area contributed by atoms with Gasteiger partial charge in [-0.15, -0.1) is 0 Å². The topological polar surface area (TPSA) is 65.0 Å². The van der Waals surface area contributed by atoms with Gasteiger partial charge in [0.1, 0.15) is 13.2 Å². The van der Waals surface area contributed by atoms with Gasteiger partial charge in [0.2, 0.25) is 0 Å². The number of rotatable bonds is 6. The molecule has 104 valence electrons.